The molecule has 0 fully saturated rings. The Morgan fingerprint density at radius 2 is 1.25 bits per heavy atom. The first kappa shape index (κ1) is 52.9. The number of thioether (sulfide) groups is 1. The van der Waals surface area contributed by atoms with Gasteiger partial charge in [0, 0.05) is 56.5 Å². The molecule has 1 aromatic carbocycles. The number of carbonyl (C=O) groups is 3. The highest BCUT2D eigenvalue weighted by atomic mass is 32.2. The number of anilines is 1. The zero-order valence-corrected chi connectivity index (χ0v) is 38.0. The fourth-order valence-electron chi connectivity index (χ4n) is 5.68. The molecule has 1 amide bonds. The van der Waals surface area contributed by atoms with Gasteiger partial charge in [-0.1, -0.05) is 12.1 Å². The number of hydrogen-bond donors (Lipinski definition) is 3. The van der Waals surface area contributed by atoms with Crippen LogP contribution in [0.4, 0.5) is 10.5 Å². The first-order chi connectivity index (χ1) is 30.4. The molecule has 0 radical (unpaired) electrons. The van der Waals surface area contributed by atoms with Crippen LogP contribution in [-0.2, 0) is 46.2 Å². The smallest absolute Gasteiger partial charge is 0.412 e. The molecule has 63 heavy (non-hydrogen) atoms. The number of carbonyl (C=O) groups excluding carboxylic acids is 3. The molecule has 19 heteroatoms. The Bertz CT molecular complexity index is 1750. The van der Waals surface area contributed by atoms with Crippen molar-refractivity contribution in [3.8, 4) is 5.75 Å². The number of ether oxygens (including phenoxy) is 8. The number of nitrogens with zero attached hydrogens (tertiary/aromatic N) is 4. The van der Waals surface area contributed by atoms with Gasteiger partial charge in [0.1, 0.15) is 29.3 Å². The number of aromatic nitrogens is 2. The lowest BCUT2D eigenvalue weighted by atomic mass is 10.2. The van der Waals surface area contributed by atoms with Crippen molar-refractivity contribution in [1.82, 2.24) is 19.8 Å². The maximum Gasteiger partial charge on any atom is 0.412 e. The Hall–Kier alpha value is -4.44. The number of nitrogens with one attached hydrogen (secondary N) is 1. The van der Waals surface area contributed by atoms with Gasteiger partial charge in [0.15, 0.2) is 0 Å². The molecule has 0 aliphatic carbocycles. The number of rotatable bonds is 32. The Morgan fingerprint density at radius 1 is 0.698 bits per heavy atom. The van der Waals surface area contributed by atoms with Gasteiger partial charge in [-0.05, 0) is 69.3 Å². The lowest BCUT2D eigenvalue weighted by molar-refractivity contribution is -0.0176. The molecular formula is C44H65N5O13S. The van der Waals surface area contributed by atoms with E-state index in [0.717, 1.165) is 5.75 Å². The van der Waals surface area contributed by atoms with Crippen LogP contribution in [0.15, 0.2) is 60.7 Å². The van der Waals surface area contributed by atoms with Crippen molar-refractivity contribution in [2.75, 3.05) is 123 Å². The van der Waals surface area contributed by atoms with Crippen molar-refractivity contribution in [3.05, 3.63) is 83.4 Å². The van der Waals surface area contributed by atoms with Crippen LogP contribution >= 0.6 is 11.8 Å². The second kappa shape index (κ2) is 30.6. The van der Waals surface area contributed by atoms with E-state index in [1.807, 2.05) is 21.9 Å². The maximum atomic E-state index is 12.0. The number of amides is 1. The van der Waals surface area contributed by atoms with Gasteiger partial charge in [0.25, 0.3) is 0 Å². The van der Waals surface area contributed by atoms with Crippen molar-refractivity contribution in [1.29, 1.82) is 0 Å². The number of methoxy groups -OCH3 is 2. The first-order valence-electron chi connectivity index (χ1n) is 20.8. The summed E-state index contributed by atoms with van der Waals surface area (Å²) < 4.78 is 44.4. The van der Waals surface area contributed by atoms with Crippen LogP contribution in [-0.4, -0.2) is 178 Å². The van der Waals surface area contributed by atoms with E-state index >= 15 is 0 Å². The number of hydrogen-bond acceptors (Lipinski definition) is 18. The molecule has 0 saturated carbocycles. The number of esters is 2. The van der Waals surface area contributed by atoms with Crippen LogP contribution in [0.1, 0.15) is 53.1 Å². The van der Waals surface area contributed by atoms with Gasteiger partial charge in [-0.15, -0.1) is 0 Å². The van der Waals surface area contributed by atoms with Crippen molar-refractivity contribution >= 4 is 35.5 Å². The van der Waals surface area contributed by atoms with Gasteiger partial charge in [-0.25, -0.2) is 24.4 Å². The van der Waals surface area contributed by atoms with Crippen LogP contribution in [0.3, 0.4) is 0 Å². The van der Waals surface area contributed by atoms with E-state index in [0.29, 0.717) is 121 Å². The fraction of sp³-hybridized carbons (Fsp3) is 0.568. The summed E-state index contributed by atoms with van der Waals surface area (Å²) in [6.07, 6.45) is -0.773. The Kier molecular flexibility index (Phi) is 25.7. The largest absolute Gasteiger partial charge is 0.491 e. The van der Waals surface area contributed by atoms with E-state index in [4.69, 9.17) is 37.9 Å². The average Bonchev–Trinajstić information content (AvgIpc) is 3.26. The molecule has 0 aliphatic rings. The molecular weight excluding hydrogens is 839 g/mol. The predicted octanol–water partition coefficient (Wildman–Crippen LogP) is 3.93. The highest BCUT2D eigenvalue weighted by Crippen LogP contribution is 2.17. The monoisotopic (exact) mass is 903 g/mol. The molecule has 0 bridgehead atoms. The Labute approximate surface area is 374 Å². The van der Waals surface area contributed by atoms with E-state index in [2.05, 4.69) is 15.3 Å². The summed E-state index contributed by atoms with van der Waals surface area (Å²) in [5.74, 6) is 0.982. The van der Waals surface area contributed by atoms with Crippen LogP contribution in [0.2, 0.25) is 0 Å². The van der Waals surface area contributed by atoms with Gasteiger partial charge in [0.2, 0.25) is 0 Å². The van der Waals surface area contributed by atoms with Crippen molar-refractivity contribution in [3.63, 3.8) is 0 Å². The molecule has 0 aliphatic heterocycles. The lowest BCUT2D eigenvalue weighted by Crippen LogP contribution is -2.34. The number of pyridine rings is 2. The third-order valence-corrected chi connectivity index (χ3v) is 9.73. The quantitative estimate of drug-likeness (QED) is 0.0461. The van der Waals surface area contributed by atoms with Gasteiger partial charge in [-0.3, -0.25) is 15.1 Å². The third-order valence-electron chi connectivity index (χ3n) is 8.67. The third kappa shape index (κ3) is 23.2. The van der Waals surface area contributed by atoms with Crippen LogP contribution in [0.5, 0.6) is 5.75 Å². The highest BCUT2D eigenvalue weighted by Gasteiger charge is 2.17. The summed E-state index contributed by atoms with van der Waals surface area (Å²) in [5.41, 5.74) is 1.78. The Balaban J connectivity index is 1.41. The van der Waals surface area contributed by atoms with E-state index in [-0.39, 0.29) is 30.7 Å². The molecule has 3 aromatic rings. The fourth-order valence-corrected chi connectivity index (χ4v) is 6.54. The zero-order valence-electron chi connectivity index (χ0n) is 37.2. The predicted molar refractivity (Wildman–Crippen MR) is 237 cm³/mol. The topological polar surface area (TPSA) is 210 Å². The molecule has 0 unspecified atom stereocenters. The SMILES string of the molecule is COC(=O)c1cccc(CN(CCO)CCOC[C@@H](CSCCOCCOCCOc2ccc(NC(=O)OC(C)(C)C)cc2)OCCN(CCO)Cc2cccc(C(=O)OC)n2)n1. The second-order valence-corrected chi connectivity index (χ2v) is 16.0. The molecule has 350 valence electrons. The van der Waals surface area contributed by atoms with Crippen molar-refractivity contribution in [2.45, 2.75) is 45.6 Å². The summed E-state index contributed by atoms with van der Waals surface area (Å²) in [5, 5.41) is 22.1. The maximum absolute atomic E-state index is 12.0. The van der Waals surface area contributed by atoms with E-state index in [9.17, 15) is 24.6 Å². The van der Waals surface area contributed by atoms with Gasteiger partial charge in [0.05, 0.1) is 91.2 Å². The first-order valence-corrected chi connectivity index (χ1v) is 22.0. The van der Waals surface area contributed by atoms with E-state index in [1.165, 1.54) is 14.2 Å². The van der Waals surface area contributed by atoms with E-state index < -0.39 is 23.6 Å². The molecule has 3 rings (SSSR count). The molecule has 0 spiro atoms. The molecule has 0 saturated heterocycles. The summed E-state index contributed by atoms with van der Waals surface area (Å²) in [7, 11) is 2.62. The summed E-state index contributed by atoms with van der Waals surface area (Å²) in [4.78, 5) is 48.7. The molecule has 3 N–H and O–H groups in total. The number of aliphatic hydroxyl groups excluding tert-OH is 2. The Morgan fingerprint density at radius 3 is 1.81 bits per heavy atom. The standard InChI is InChI=1S/C44H65N5O13S/c1-44(2,3)62-43(54)47-34-12-14-37(15-13-34)61-27-26-57-24-25-58-28-29-63-33-38(60-23-19-49(17-21-51)31-36-9-7-11-40(46-36)42(53)56-5)32-59-22-18-48(16-20-50)30-35-8-6-10-39(45-35)41(52)55-4/h6-15,38,50-51H,16-33H2,1-5H3,(H,47,54)/t38-/m0/s1. The minimum absolute atomic E-state index is 0.0529. The average molecular weight is 904 g/mol. The second-order valence-electron chi connectivity index (χ2n) is 14.9. The summed E-state index contributed by atoms with van der Waals surface area (Å²) in [6, 6.07) is 17.3. The van der Waals surface area contributed by atoms with Gasteiger partial charge < -0.3 is 48.1 Å². The van der Waals surface area contributed by atoms with Crippen molar-refractivity contribution < 1.29 is 62.5 Å². The minimum atomic E-state index is -0.581. The van der Waals surface area contributed by atoms with Crippen LogP contribution in [0.25, 0.3) is 0 Å². The summed E-state index contributed by atoms with van der Waals surface area (Å²) >= 11 is 1.68. The molecule has 2 aromatic heterocycles. The van der Waals surface area contributed by atoms with Crippen LogP contribution in [0, 0.1) is 0 Å². The molecule has 18 nitrogen and oxygen atoms in total. The number of benzene rings is 1. The lowest BCUT2D eigenvalue weighted by Gasteiger charge is -2.24. The minimum Gasteiger partial charge on any atom is -0.491 e. The molecule has 2 heterocycles. The normalized spacial score (nSPS) is 12.0. The van der Waals surface area contributed by atoms with E-state index in [1.54, 1.807) is 81.1 Å². The number of aliphatic hydroxyl groups is 2. The van der Waals surface area contributed by atoms with Gasteiger partial charge >= 0.3 is 18.0 Å². The molecule has 1 atom stereocenters. The van der Waals surface area contributed by atoms with Crippen molar-refractivity contribution in [2.24, 2.45) is 0 Å². The van der Waals surface area contributed by atoms with Crippen LogP contribution < -0.4 is 10.1 Å². The van der Waals surface area contributed by atoms with Gasteiger partial charge in [-0.2, -0.15) is 11.8 Å². The summed E-state index contributed by atoms with van der Waals surface area (Å²) in [6.45, 7) is 11.1. The zero-order chi connectivity index (χ0) is 45.7. The highest BCUT2D eigenvalue weighted by molar-refractivity contribution is 7.99.